The first kappa shape index (κ1) is 14.5. The van der Waals surface area contributed by atoms with Crippen LogP contribution in [0.5, 0.6) is 0 Å². The van der Waals surface area contributed by atoms with Gasteiger partial charge in [0.25, 0.3) is 0 Å². The molecule has 0 aliphatic carbocycles. The normalized spacial score (nSPS) is 15.0. The standard InChI is InChI=1S/C14H21ClFN/c1-10(2)7-11-5-6-12(8-13(11)15)14(3,16)9-17-4/h5-6,8,10,17H,7,9H2,1-4H3. The molecule has 0 bridgehead atoms. The number of nitrogens with one attached hydrogen (secondary N) is 1. The van der Waals surface area contributed by atoms with Crippen LogP contribution in [0.15, 0.2) is 18.2 Å². The van der Waals surface area contributed by atoms with Crippen molar-refractivity contribution in [2.75, 3.05) is 13.6 Å². The molecule has 3 heteroatoms. The Morgan fingerprint density at radius 3 is 2.53 bits per heavy atom. The van der Waals surface area contributed by atoms with Crippen LogP contribution in [0, 0.1) is 5.92 Å². The Hall–Kier alpha value is -0.600. The zero-order chi connectivity index (χ0) is 13.1. The maximum atomic E-state index is 14.3. The topological polar surface area (TPSA) is 12.0 Å². The third-order valence-electron chi connectivity index (χ3n) is 2.79. The number of hydrogen-bond acceptors (Lipinski definition) is 1. The zero-order valence-electron chi connectivity index (χ0n) is 11.0. The van der Waals surface area contributed by atoms with Crippen molar-refractivity contribution in [3.8, 4) is 0 Å². The summed E-state index contributed by atoms with van der Waals surface area (Å²) in [4.78, 5) is 0. The van der Waals surface area contributed by atoms with Crippen molar-refractivity contribution in [3.05, 3.63) is 34.3 Å². The van der Waals surface area contributed by atoms with E-state index in [1.165, 1.54) is 0 Å². The molecule has 96 valence electrons. The summed E-state index contributed by atoms with van der Waals surface area (Å²) in [6.45, 7) is 6.14. The number of likely N-dealkylation sites (N-methyl/N-ethyl adjacent to an activating group) is 1. The third kappa shape index (κ3) is 3.97. The van der Waals surface area contributed by atoms with E-state index in [4.69, 9.17) is 11.6 Å². The summed E-state index contributed by atoms with van der Waals surface area (Å²) in [5.41, 5.74) is 0.337. The highest BCUT2D eigenvalue weighted by Crippen LogP contribution is 2.29. The van der Waals surface area contributed by atoms with Gasteiger partial charge in [-0.25, -0.2) is 4.39 Å². The molecule has 0 aromatic heterocycles. The summed E-state index contributed by atoms with van der Waals surface area (Å²) in [6, 6.07) is 5.52. The monoisotopic (exact) mass is 257 g/mol. The molecule has 1 nitrogen and oxygen atoms in total. The lowest BCUT2D eigenvalue weighted by Crippen LogP contribution is -2.29. The van der Waals surface area contributed by atoms with Crippen molar-refractivity contribution in [2.24, 2.45) is 5.92 Å². The lowest BCUT2D eigenvalue weighted by atomic mass is 9.94. The fraction of sp³-hybridized carbons (Fsp3) is 0.571. The van der Waals surface area contributed by atoms with Crippen molar-refractivity contribution in [2.45, 2.75) is 32.9 Å². The molecule has 17 heavy (non-hydrogen) atoms. The van der Waals surface area contributed by atoms with Crippen LogP contribution in [0.1, 0.15) is 31.9 Å². The van der Waals surface area contributed by atoms with E-state index in [1.807, 2.05) is 12.1 Å². The Labute approximate surface area is 108 Å². The Balaban J connectivity index is 2.95. The molecule has 0 heterocycles. The van der Waals surface area contributed by atoms with Crippen molar-refractivity contribution < 1.29 is 4.39 Å². The molecule has 0 saturated carbocycles. The van der Waals surface area contributed by atoms with Gasteiger partial charge >= 0.3 is 0 Å². The van der Waals surface area contributed by atoms with Crippen LogP contribution in [-0.4, -0.2) is 13.6 Å². The van der Waals surface area contributed by atoms with Crippen LogP contribution >= 0.6 is 11.6 Å². The van der Waals surface area contributed by atoms with Gasteiger partial charge in [0, 0.05) is 11.6 Å². The van der Waals surface area contributed by atoms with Gasteiger partial charge in [-0.1, -0.05) is 37.6 Å². The summed E-state index contributed by atoms with van der Waals surface area (Å²) in [5.74, 6) is 0.549. The maximum Gasteiger partial charge on any atom is 0.145 e. The Morgan fingerprint density at radius 1 is 1.41 bits per heavy atom. The molecule has 1 aromatic rings. The molecule has 1 aromatic carbocycles. The van der Waals surface area contributed by atoms with Crippen molar-refractivity contribution >= 4 is 11.6 Å². The predicted octanol–water partition coefficient (Wildman–Crippen LogP) is 3.94. The van der Waals surface area contributed by atoms with E-state index < -0.39 is 5.67 Å². The van der Waals surface area contributed by atoms with Crippen LogP contribution in [0.25, 0.3) is 0 Å². The third-order valence-corrected chi connectivity index (χ3v) is 3.14. The van der Waals surface area contributed by atoms with Gasteiger partial charge in [-0.15, -0.1) is 0 Å². The van der Waals surface area contributed by atoms with Gasteiger partial charge in [-0.2, -0.15) is 0 Å². The molecule has 0 aliphatic rings. The molecule has 0 saturated heterocycles. The molecule has 0 spiro atoms. The highest BCUT2D eigenvalue weighted by atomic mass is 35.5. The predicted molar refractivity (Wildman–Crippen MR) is 72.4 cm³/mol. The van der Waals surface area contributed by atoms with E-state index in [2.05, 4.69) is 19.2 Å². The number of halogens is 2. The van der Waals surface area contributed by atoms with Crippen LogP contribution in [0.4, 0.5) is 4.39 Å². The molecule has 0 fully saturated rings. The number of rotatable bonds is 5. The molecule has 0 amide bonds. The fourth-order valence-electron chi connectivity index (χ4n) is 1.91. The Morgan fingerprint density at radius 2 is 2.06 bits per heavy atom. The van der Waals surface area contributed by atoms with Gasteiger partial charge in [-0.05, 0) is 43.5 Å². The molecular weight excluding hydrogens is 237 g/mol. The van der Waals surface area contributed by atoms with Crippen LogP contribution in [0.2, 0.25) is 5.02 Å². The van der Waals surface area contributed by atoms with Crippen LogP contribution < -0.4 is 5.32 Å². The second kappa shape index (κ2) is 5.83. The number of benzene rings is 1. The first-order valence-corrected chi connectivity index (χ1v) is 6.37. The minimum absolute atomic E-state index is 0.285. The highest BCUT2D eigenvalue weighted by molar-refractivity contribution is 6.31. The Bertz CT molecular complexity index is 374. The summed E-state index contributed by atoms with van der Waals surface area (Å²) >= 11 is 6.19. The van der Waals surface area contributed by atoms with E-state index in [1.54, 1.807) is 20.0 Å². The van der Waals surface area contributed by atoms with Gasteiger partial charge in [0.15, 0.2) is 0 Å². The second-order valence-corrected chi connectivity index (χ2v) is 5.54. The number of hydrogen-bond donors (Lipinski definition) is 1. The van der Waals surface area contributed by atoms with Crippen LogP contribution in [-0.2, 0) is 12.1 Å². The van der Waals surface area contributed by atoms with Crippen molar-refractivity contribution in [3.63, 3.8) is 0 Å². The smallest absolute Gasteiger partial charge is 0.145 e. The van der Waals surface area contributed by atoms with Gasteiger partial charge in [0.05, 0.1) is 0 Å². The summed E-state index contributed by atoms with van der Waals surface area (Å²) in [5, 5.41) is 3.52. The maximum absolute atomic E-state index is 14.3. The number of alkyl halides is 1. The van der Waals surface area contributed by atoms with E-state index in [-0.39, 0.29) is 6.54 Å². The SMILES string of the molecule is CNCC(C)(F)c1ccc(CC(C)C)c(Cl)c1. The van der Waals surface area contributed by atoms with E-state index in [0.29, 0.717) is 16.5 Å². The quantitative estimate of drug-likeness (QED) is 0.843. The molecule has 1 rings (SSSR count). The van der Waals surface area contributed by atoms with Crippen molar-refractivity contribution in [1.82, 2.24) is 5.32 Å². The zero-order valence-corrected chi connectivity index (χ0v) is 11.7. The average Bonchev–Trinajstić information content (AvgIpc) is 2.20. The van der Waals surface area contributed by atoms with Gasteiger partial charge < -0.3 is 5.32 Å². The largest absolute Gasteiger partial charge is 0.316 e. The highest BCUT2D eigenvalue weighted by Gasteiger charge is 2.25. The fourth-order valence-corrected chi connectivity index (χ4v) is 2.17. The van der Waals surface area contributed by atoms with Gasteiger partial charge in [0.1, 0.15) is 5.67 Å². The first-order chi connectivity index (χ1) is 7.86. The van der Waals surface area contributed by atoms with Gasteiger partial charge in [0.2, 0.25) is 0 Å². The van der Waals surface area contributed by atoms with Gasteiger partial charge in [-0.3, -0.25) is 0 Å². The van der Waals surface area contributed by atoms with E-state index in [9.17, 15) is 4.39 Å². The minimum Gasteiger partial charge on any atom is -0.316 e. The van der Waals surface area contributed by atoms with Crippen LogP contribution in [0.3, 0.4) is 0 Å². The summed E-state index contributed by atoms with van der Waals surface area (Å²) in [6.07, 6.45) is 0.925. The molecule has 0 radical (unpaired) electrons. The van der Waals surface area contributed by atoms with Crippen molar-refractivity contribution in [1.29, 1.82) is 0 Å². The second-order valence-electron chi connectivity index (χ2n) is 5.13. The molecule has 0 aliphatic heterocycles. The minimum atomic E-state index is -1.38. The Kier molecular flexibility index (Phi) is 4.96. The summed E-state index contributed by atoms with van der Waals surface area (Å²) in [7, 11) is 1.74. The summed E-state index contributed by atoms with van der Waals surface area (Å²) < 4.78 is 14.3. The molecular formula is C14H21ClFN. The molecule has 1 N–H and O–H groups in total. The molecule has 1 unspecified atom stereocenters. The molecule has 1 atom stereocenters. The first-order valence-electron chi connectivity index (χ1n) is 5.99. The van der Waals surface area contributed by atoms with E-state index >= 15 is 0 Å². The average molecular weight is 258 g/mol. The lowest BCUT2D eigenvalue weighted by molar-refractivity contribution is 0.191. The lowest BCUT2D eigenvalue weighted by Gasteiger charge is -2.21. The van der Waals surface area contributed by atoms with E-state index in [0.717, 1.165) is 12.0 Å².